The molecule has 0 radical (unpaired) electrons. The maximum absolute atomic E-state index is 13.4. The van der Waals surface area contributed by atoms with Crippen molar-refractivity contribution in [2.24, 2.45) is 5.73 Å². The first-order valence-corrected chi connectivity index (χ1v) is 5.63. The predicted octanol–water partition coefficient (Wildman–Crippen LogP) is 3.54. The van der Waals surface area contributed by atoms with Crippen LogP contribution in [0.1, 0.15) is 22.9 Å². The Hall–Kier alpha value is -1.13. The van der Waals surface area contributed by atoms with Gasteiger partial charge in [-0.15, -0.1) is 0 Å². The van der Waals surface area contributed by atoms with Gasteiger partial charge in [-0.05, 0) is 46.1 Å². The summed E-state index contributed by atoms with van der Waals surface area (Å²) in [7, 11) is 0. The van der Waals surface area contributed by atoms with Crippen molar-refractivity contribution in [2.75, 3.05) is 0 Å². The first kappa shape index (κ1) is 11.4. The Kier molecular flexibility index (Phi) is 3.12. The summed E-state index contributed by atoms with van der Waals surface area (Å²) in [6.07, 6.45) is 1.55. The van der Waals surface area contributed by atoms with E-state index in [1.807, 2.05) is 0 Å². The van der Waals surface area contributed by atoms with E-state index in [-0.39, 0.29) is 5.82 Å². The Morgan fingerprint density at radius 2 is 2.12 bits per heavy atom. The second kappa shape index (κ2) is 4.39. The maximum Gasteiger partial charge on any atom is 0.139 e. The maximum atomic E-state index is 13.4. The minimum absolute atomic E-state index is 0.254. The number of halogens is 2. The highest BCUT2D eigenvalue weighted by molar-refractivity contribution is 9.10. The molecule has 1 heterocycles. The van der Waals surface area contributed by atoms with Gasteiger partial charge < -0.3 is 10.2 Å². The Balaban J connectivity index is 2.38. The van der Waals surface area contributed by atoms with Crippen LogP contribution in [0.25, 0.3) is 0 Å². The summed E-state index contributed by atoms with van der Waals surface area (Å²) in [5, 5.41) is 0. The van der Waals surface area contributed by atoms with Crippen LogP contribution in [0.2, 0.25) is 0 Å². The van der Waals surface area contributed by atoms with E-state index < -0.39 is 6.04 Å². The SMILES string of the molecule is Cc1ccc(C(N)c2occc2Br)cc1F. The van der Waals surface area contributed by atoms with Gasteiger partial charge >= 0.3 is 0 Å². The predicted molar refractivity (Wildman–Crippen MR) is 63.6 cm³/mol. The van der Waals surface area contributed by atoms with Gasteiger partial charge in [0.1, 0.15) is 11.6 Å². The van der Waals surface area contributed by atoms with Gasteiger partial charge in [0, 0.05) is 0 Å². The molecule has 0 amide bonds. The molecule has 0 saturated heterocycles. The topological polar surface area (TPSA) is 39.2 Å². The summed E-state index contributed by atoms with van der Waals surface area (Å²) in [5.41, 5.74) is 7.29. The monoisotopic (exact) mass is 283 g/mol. The third-order valence-corrected chi connectivity index (χ3v) is 3.14. The van der Waals surface area contributed by atoms with Crippen molar-refractivity contribution in [3.05, 3.63) is 57.7 Å². The van der Waals surface area contributed by atoms with Crippen LogP contribution in [0.4, 0.5) is 4.39 Å². The second-order valence-corrected chi connectivity index (χ2v) is 4.47. The van der Waals surface area contributed by atoms with Crippen LogP contribution >= 0.6 is 15.9 Å². The summed E-state index contributed by atoms with van der Waals surface area (Å²) in [4.78, 5) is 0. The minimum atomic E-state index is -0.459. The molecule has 0 spiro atoms. The van der Waals surface area contributed by atoms with Crippen LogP contribution in [0.3, 0.4) is 0 Å². The van der Waals surface area contributed by atoms with Crippen molar-refractivity contribution in [2.45, 2.75) is 13.0 Å². The van der Waals surface area contributed by atoms with Gasteiger partial charge in [-0.1, -0.05) is 12.1 Å². The molecule has 1 atom stereocenters. The summed E-state index contributed by atoms with van der Waals surface area (Å²) in [6.45, 7) is 1.72. The van der Waals surface area contributed by atoms with Gasteiger partial charge in [-0.3, -0.25) is 0 Å². The number of nitrogens with two attached hydrogens (primary N) is 1. The first-order chi connectivity index (χ1) is 7.59. The van der Waals surface area contributed by atoms with E-state index in [0.717, 1.165) is 4.47 Å². The van der Waals surface area contributed by atoms with E-state index in [2.05, 4.69) is 15.9 Å². The lowest BCUT2D eigenvalue weighted by Crippen LogP contribution is -2.11. The second-order valence-electron chi connectivity index (χ2n) is 3.62. The molecule has 0 aliphatic rings. The Morgan fingerprint density at radius 1 is 1.38 bits per heavy atom. The van der Waals surface area contributed by atoms with Crippen LogP contribution in [0, 0.1) is 12.7 Å². The van der Waals surface area contributed by atoms with E-state index in [0.29, 0.717) is 16.9 Å². The molecule has 2 N–H and O–H groups in total. The van der Waals surface area contributed by atoms with Crippen molar-refractivity contribution < 1.29 is 8.81 Å². The molecule has 1 aromatic heterocycles. The molecule has 4 heteroatoms. The quantitative estimate of drug-likeness (QED) is 0.916. The normalized spacial score (nSPS) is 12.8. The molecule has 0 bridgehead atoms. The molecule has 0 aliphatic heterocycles. The Labute approximate surface area is 101 Å². The van der Waals surface area contributed by atoms with Crippen LogP contribution in [-0.2, 0) is 0 Å². The first-order valence-electron chi connectivity index (χ1n) is 4.84. The molecule has 2 nitrogen and oxygen atoms in total. The number of furan rings is 1. The highest BCUT2D eigenvalue weighted by Gasteiger charge is 2.16. The third-order valence-electron chi connectivity index (χ3n) is 2.48. The molecule has 0 saturated carbocycles. The molecular formula is C12H11BrFNO. The zero-order chi connectivity index (χ0) is 11.7. The molecular weight excluding hydrogens is 273 g/mol. The molecule has 0 fully saturated rings. The van der Waals surface area contributed by atoms with E-state index in [1.54, 1.807) is 31.4 Å². The zero-order valence-corrected chi connectivity index (χ0v) is 10.3. The lowest BCUT2D eigenvalue weighted by Gasteiger charge is -2.10. The van der Waals surface area contributed by atoms with Crippen molar-refractivity contribution in [3.8, 4) is 0 Å². The fourth-order valence-corrected chi connectivity index (χ4v) is 1.93. The lowest BCUT2D eigenvalue weighted by atomic mass is 10.0. The van der Waals surface area contributed by atoms with Crippen LogP contribution in [0.15, 0.2) is 39.4 Å². The molecule has 0 aliphatic carbocycles. The number of rotatable bonds is 2. The number of benzene rings is 1. The molecule has 84 valence electrons. The fourth-order valence-electron chi connectivity index (χ4n) is 1.48. The molecule has 2 rings (SSSR count). The van der Waals surface area contributed by atoms with Gasteiger partial charge in [0.15, 0.2) is 0 Å². The van der Waals surface area contributed by atoms with Crippen molar-refractivity contribution in [1.82, 2.24) is 0 Å². The largest absolute Gasteiger partial charge is 0.466 e. The van der Waals surface area contributed by atoms with Crippen molar-refractivity contribution >= 4 is 15.9 Å². The van der Waals surface area contributed by atoms with E-state index in [4.69, 9.17) is 10.2 Å². The van der Waals surface area contributed by atoms with E-state index >= 15 is 0 Å². The number of aryl methyl sites for hydroxylation is 1. The van der Waals surface area contributed by atoms with E-state index in [9.17, 15) is 4.39 Å². The van der Waals surface area contributed by atoms with Gasteiger partial charge in [0.25, 0.3) is 0 Å². The van der Waals surface area contributed by atoms with Crippen molar-refractivity contribution in [3.63, 3.8) is 0 Å². The van der Waals surface area contributed by atoms with Gasteiger partial charge in [-0.25, -0.2) is 4.39 Å². The average molecular weight is 284 g/mol. The molecule has 2 aromatic rings. The van der Waals surface area contributed by atoms with Gasteiger partial charge in [0.2, 0.25) is 0 Å². The zero-order valence-electron chi connectivity index (χ0n) is 8.71. The third kappa shape index (κ3) is 2.03. The highest BCUT2D eigenvalue weighted by Crippen LogP contribution is 2.28. The van der Waals surface area contributed by atoms with Crippen molar-refractivity contribution in [1.29, 1.82) is 0 Å². The van der Waals surface area contributed by atoms with Gasteiger partial charge in [0.05, 0.1) is 16.8 Å². The molecule has 16 heavy (non-hydrogen) atoms. The summed E-state index contributed by atoms with van der Waals surface area (Å²) in [5.74, 6) is 0.346. The summed E-state index contributed by atoms with van der Waals surface area (Å²) < 4.78 is 19.4. The van der Waals surface area contributed by atoms with E-state index in [1.165, 1.54) is 6.07 Å². The molecule has 1 unspecified atom stereocenters. The summed E-state index contributed by atoms with van der Waals surface area (Å²) >= 11 is 3.33. The smallest absolute Gasteiger partial charge is 0.139 e. The minimum Gasteiger partial charge on any atom is -0.466 e. The number of hydrogen-bond acceptors (Lipinski definition) is 2. The standard InChI is InChI=1S/C12H11BrFNO/c1-7-2-3-8(6-10(7)14)11(15)12-9(13)4-5-16-12/h2-6,11H,15H2,1H3. The molecule has 1 aromatic carbocycles. The van der Waals surface area contributed by atoms with Crippen LogP contribution in [0.5, 0.6) is 0 Å². The summed E-state index contributed by atoms with van der Waals surface area (Å²) in [6, 6.07) is 6.26. The highest BCUT2D eigenvalue weighted by atomic mass is 79.9. The van der Waals surface area contributed by atoms with Crippen LogP contribution < -0.4 is 5.73 Å². The Morgan fingerprint density at radius 3 is 2.69 bits per heavy atom. The van der Waals surface area contributed by atoms with Gasteiger partial charge in [-0.2, -0.15) is 0 Å². The average Bonchev–Trinajstić information content (AvgIpc) is 2.67. The fraction of sp³-hybridized carbons (Fsp3) is 0.167. The number of hydrogen-bond donors (Lipinski definition) is 1. The van der Waals surface area contributed by atoms with Crippen LogP contribution in [-0.4, -0.2) is 0 Å². The Bertz CT molecular complexity index is 509. The lowest BCUT2D eigenvalue weighted by molar-refractivity contribution is 0.486.